The minimum Gasteiger partial charge on any atom is -0.444 e. The second-order valence-electron chi connectivity index (χ2n) is 5.35. The van der Waals surface area contributed by atoms with Gasteiger partial charge in [0.1, 0.15) is 5.60 Å². The molecule has 19 heavy (non-hydrogen) atoms. The van der Waals surface area contributed by atoms with E-state index in [0.717, 1.165) is 4.90 Å². The third-order valence-corrected chi connectivity index (χ3v) is 2.45. The lowest BCUT2D eigenvalue weighted by Gasteiger charge is -2.37. The third kappa shape index (κ3) is 6.87. The van der Waals surface area contributed by atoms with Gasteiger partial charge in [0.2, 0.25) is 0 Å². The summed E-state index contributed by atoms with van der Waals surface area (Å²) < 4.78 is 42.3. The molecule has 1 saturated heterocycles. The van der Waals surface area contributed by atoms with E-state index in [1.54, 1.807) is 20.8 Å². The fourth-order valence-electron chi connectivity index (χ4n) is 1.77. The van der Waals surface area contributed by atoms with Crippen LogP contribution in [0.1, 0.15) is 27.2 Å². The van der Waals surface area contributed by atoms with Gasteiger partial charge in [0.25, 0.3) is 0 Å². The molecule has 0 aromatic heterocycles. The van der Waals surface area contributed by atoms with E-state index >= 15 is 0 Å². The first kappa shape index (κ1) is 18.3. The van der Waals surface area contributed by atoms with Crippen LogP contribution in [0.5, 0.6) is 0 Å². The minimum atomic E-state index is -4.29. The average Bonchev–Trinajstić information content (AvgIpc) is 2.12. The summed E-state index contributed by atoms with van der Waals surface area (Å²) in [6.45, 7) is 5.91. The van der Waals surface area contributed by atoms with Gasteiger partial charge in [-0.2, -0.15) is 13.2 Å². The molecule has 1 heterocycles. The molecule has 0 aliphatic carbocycles. The summed E-state index contributed by atoms with van der Waals surface area (Å²) in [5.74, 6) is 0. The Kier molecular flexibility index (Phi) is 6.41. The molecule has 1 fully saturated rings. The second-order valence-corrected chi connectivity index (χ2v) is 5.35. The van der Waals surface area contributed by atoms with Crippen LogP contribution < -0.4 is 5.32 Å². The molecule has 114 valence electrons. The smallest absolute Gasteiger partial charge is 0.410 e. The Bertz CT molecular complexity index is 305. The van der Waals surface area contributed by atoms with Crippen molar-refractivity contribution >= 4 is 18.5 Å². The lowest BCUT2D eigenvalue weighted by molar-refractivity contribution is -0.147. The number of nitrogens with zero attached hydrogens (tertiary/aromatic N) is 1. The zero-order chi connectivity index (χ0) is 14.0. The molecule has 4 nitrogen and oxygen atoms in total. The maximum absolute atomic E-state index is 12.4. The van der Waals surface area contributed by atoms with Crippen LogP contribution in [-0.4, -0.2) is 48.4 Å². The molecule has 1 N–H and O–H groups in total. The molecular weight excluding hydrogens is 285 g/mol. The van der Waals surface area contributed by atoms with E-state index < -0.39 is 30.3 Å². The quantitative estimate of drug-likeness (QED) is 0.809. The van der Waals surface area contributed by atoms with Crippen LogP contribution in [0.15, 0.2) is 0 Å². The number of amides is 1. The maximum atomic E-state index is 12.4. The summed E-state index contributed by atoms with van der Waals surface area (Å²) in [5, 5.41) is 2.86. The van der Waals surface area contributed by atoms with Crippen molar-refractivity contribution in [1.29, 1.82) is 0 Å². The van der Waals surface area contributed by atoms with Gasteiger partial charge in [0.05, 0.1) is 12.5 Å². The van der Waals surface area contributed by atoms with E-state index in [4.69, 9.17) is 4.74 Å². The summed E-state index contributed by atoms with van der Waals surface area (Å²) in [6.07, 6.45) is -5.98. The van der Waals surface area contributed by atoms with E-state index in [1.807, 2.05) is 0 Å². The van der Waals surface area contributed by atoms with Crippen molar-refractivity contribution in [3.63, 3.8) is 0 Å². The molecule has 0 aromatic rings. The summed E-state index contributed by atoms with van der Waals surface area (Å²) >= 11 is 0. The zero-order valence-electron chi connectivity index (χ0n) is 11.2. The number of ether oxygens (including phenoxy) is 1. The molecule has 0 saturated carbocycles. The van der Waals surface area contributed by atoms with Crippen molar-refractivity contribution in [2.75, 3.05) is 19.6 Å². The van der Waals surface area contributed by atoms with Crippen molar-refractivity contribution in [2.45, 2.75) is 45.0 Å². The summed E-state index contributed by atoms with van der Waals surface area (Å²) in [5.41, 5.74) is -0.704. The summed E-state index contributed by atoms with van der Waals surface area (Å²) in [6, 6.07) is -0.895. The number of nitrogens with one attached hydrogen (secondary N) is 1. The van der Waals surface area contributed by atoms with Crippen LogP contribution in [0.2, 0.25) is 0 Å². The topological polar surface area (TPSA) is 41.6 Å². The number of rotatable bonds is 1. The lowest BCUT2D eigenvalue weighted by Crippen LogP contribution is -2.55. The normalized spacial score (nSPS) is 20.7. The molecule has 1 aliphatic heterocycles. The van der Waals surface area contributed by atoms with Gasteiger partial charge in [-0.1, -0.05) is 0 Å². The standard InChI is InChI=1S/C11H19F3N2O2.ClH/c1-10(2,3)18-9(17)16-5-4-15-7-8(16)6-11(12,13)14;/h8,15H,4-7H2,1-3H3;1H. The molecule has 1 atom stereocenters. The van der Waals surface area contributed by atoms with Crippen LogP contribution in [-0.2, 0) is 4.74 Å². The Morgan fingerprint density at radius 2 is 1.95 bits per heavy atom. The van der Waals surface area contributed by atoms with Gasteiger partial charge in [-0.15, -0.1) is 12.4 Å². The number of carbonyl (C=O) groups excluding carboxylic acids is 1. The monoisotopic (exact) mass is 304 g/mol. The number of hydrogen-bond acceptors (Lipinski definition) is 3. The van der Waals surface area contributed by atoms with Crippen molar-refractivity contribution < 1.29 is 22.7 Å². The van der Waals surface area contributed by atoms with Gasteiger partial charge in [-0.05, 0) is 20.8 Å². The van der Waals surface area contributed by atoms with Crippen LogP contribution in [0.4, 0.5) is 18.0 Å². The van der Waals surface area contributed by atoms with Crippen molar-refractivity contribution in [1.82, 2.24) is 10.2 Å². The number of hydrogen-bond donors (Lipinski definition) is 1. The highest BCUT2D eigenvalue weighted by molar-refractivity contribution is 5.85. The van der Waals surface area contributed by atoms with Crippen LogP contribution in [0.3, 0.4) is 0 Å². The molecule has 0 spiro atoms. The Labute approximate surface area is 117 Å². The molecule has 1 rings (SSSR count). The number of piperazine rings is 1. The molecule has 0 bridgehead atoms. The molecule has 1 amide bonds. The van der Waals surface area contributed by atoms with Gasteiger partial charge in [0, 0.05) is 19.6 Å². The van der Waals surface area contributed by atoms with Crippen LogP contribution in [0.25, 0.3) is 0 Å². The first-order valence-corrected chi connectivity index (χ1v) is 5.85. The minimum absolute atomic E-state index is 0. The van der Waals surface area contributed by atoms with Crippen LogP contribution in [0, 0.1) is 0 Å². The van der Waals surface area contributed by atoms with Gasteiger partial charge in [0.15, 0.2) is 0 Å². The van der Waals surface area contributed by atoms with E-state index in [2.05, 4.69) is 5.32 Å². The van der Waals surface area contributed by atoms with Gasteiger partial charge in [-0.25, -0.2) is 4.79 Å². The molecular formula is C11H20ClF3N2O2. The predicted octanol–water partition coefficient (Wildman–Crippen LogP) is 2.57. The van der Waals surface area contributed by atoms with E-state index in [0.29, 0.717) is 6.54 Å². The zero-order valence-corrected chi connectivity index (χ0v) is 12.0. The van der Waals surface area contributed by atoms with E-state index in [1.165, 1.54) is 0 Å². The fraction of sp³-hybridized carbons (Fsp3) is 0.909. The Balaban J connectivity index is 0.00000324. The lowest BCUT2D eigenvalue weighted by atomic mass is 10.1. The number of halogens is 4. The highest BCUT2D eigenvalue weighted by atomic mass is 35.5. The largest absolute Gasteiger partial charge is 0.444 e. The van der Waals surface area contributed by atoms with Gasteiger partial charge in [-0.3, -0.25) is 0 Å². The van der Waals surface area contributed by atoms with Crippen molar-refractivity contribution in [3.05, 3.63) is 0 Å². The van der Waals surface area contributed by atoms with E-state index in [-0.39, 0.29) is 25.5 Å². The first-order valence-electron chi connectivity index (χ1n) is 5.85. The average molecular weight is 305 g/mol. The van der Waals surface area contributed by atoms with Gasteiger partial charge < -0.3 is 15.0 Å². The molecule has 1 unspecified atom stereocenters. The first-order chi connectivity index (χ1) is 8.08. The Morgan fingerprint density at radius 1 is 1.37 bits per heavy atom. The third-order valence-electron chi connectivity index (χ3n) is 2.45. The summed E-state index contributed by atoms with van der Waals surface area (Å²) in [4.78, 5) is 13.0. The van der Waals surface area contributed by atoms with Gasteiger partial charge >= 0.3 is 12.3 Å². The summed E-state index contributed by atoms with van der Waals surface area (Å²) in [7, 11) is 0. The highest BCUT2D eigenvalue weighted by Gasteiger charge is 2.38. The molecule has 8 heteroatoms. The molecule has 0 radical (unpaired) electrons. The van der Waals surface area contributed by atoms with Crippen molar-refractivity contribution in [2.24, 2.45) is 0 Å². The number of carbonyl (C=O) groups is 1. The predicted molar refractivity (Wildman–Crippen MR) is 67.5 cm³/mol. The SMILES string of the molecule is CC(C)(C)OC(=O)N1CCNCC1CC(F)(F)F.Cl. The Hall–Kier alpha value is -0.690. The van der Waals surface area contributed by atoms with Crippen LogP contribution >= 0.6 is 12.4 Å². The highest BCUT2D eigenvalue weighted by Crippen LogP contribution is 2.25. The van der Waals surface area contributed by atoms with E-state index in [9.17, 15) is 18.0 Å². The molecule has 0 aromatic carbocycles. The number of alkyl halides is 3. The fourth-order valence-corrected chi connectivity index (χ4v) is 1.77. The Morgan fingerprint density at radius 3 is 2.42 bits per heavy atom. The molecule has 1 aliphatic rings. The second kappa shape index (κ2) is 6.65. The maximum Gasteiger partial charge on any atom is 0.410 e. The van der Waals surface area contributed by atoms with Crippen molar-refractivity contribution in [3.8, 4) is 0 Å².